The molecule has 0 amide bonds. The van der Waals surface area contributed by atoms with Crippen LogP contribution in [0.1, 0.15) is 0 Å². The predicted octanol–water partition coefficient (Wildman–Crippen LogP) is 8.87. The van der Waals surface area contributed by atoms with Crippen LogP contribution in [0, 0.1) is 0 Å². The standard InChI is InChI=1S/C32H26P2S4/c1-33(25-15-7-3-8-16-25,26-17-9-4-10-18-26)29-23-35-31(37-29)32-36-24-30(38-32)34(2,27-19-11-5-12-20-27)28-21-13-6-14-22-28/h3-24H,1-2H2/b32-31+. The monoisotopic (exact) mass is 600 g/mol. The average molecular weight is 601 g/mol. The number of hydrogen-bond donors (Lipinski definition) is 0. The van der Waals surface area contributed by atoms with E-state index in [1.54, 1.807) is 0 Å². The van der Waals surface area contributed by atoms with Gasteiger partial charge >= 0.3 is 0 Å². The van der Waals surface area contributed by atoms with Gasteiger partial charge in [-0.25, -0.2) is 0 Å². The zero-order valence-corrected chi connectivity index (χ0v) is 25.7. The molecular formula is C32H26P2S4. The number of thioether (sulfide) groups is 4. The van der Waals surface area contributed by atoms with Crippen molar-refractivity contribution >= 4 is 94.6 Å². The molecule has 0 aromatic heterocycles. The van der Waals surface area contributed by atoms with Crippen LogP contribution in [0.3, 0.4) is 0 Å². The molecule has 0 nitrogen and oxygen atoms in total. The Morgan fingerprint density at radius 2 is 0.658 bits per heavy atom. The Morgan fingerprint density at radius 3 is 0.921 bits per heavy atom. The van der Waals surface area contributed by atoms with E-state index < -0.39 is 13.8 Å². The van der Waals surface area contributed by atoms with Gasteiger partial charge in [-0.2, -0.15) is 0 Å². The molecule has 38 heavy (non-hydrogen) atoms. The lowest BCUT2D eigenvalue weighted by atomic mass is 10.4. The summed E-state index contributed by atoms with van der Waals surface area (Å²) in [6.45, 7) is -3.93. The highest BCUT2D eigenvalue weighted by Gasteiger charge is 2.34. The highest BCUT2D eigenvalue weighted by Crippen LogP contribution is 2.69. The van der Waals surface area contributed by atoms with Crippen LogP contribution in [0.2, 0.25) is 0 Å². The third-order valence-corrected chi connectivity index (χ3v) is 20.8. The topological polar surface area (TPSA) is 0 Å². The van der Waals surface area contributed by atoms with Crippen LogP contribution in [0.25, 0.3) is 0 Å². The molecule has 0 unspecified atom stereocenters. The van der Waals surface area contributed by atoms with Gasteiger partial charge < -0.3 is 0 Å². The Labute approximate surface area is 243 Å². The summed E-state index contributed by atoms with van der Waals surface area (Å²) >= 11 is 7.54. The lowest BCUT2D eigenvalue weighted by Gasteiger charge is -2.27. The average Bonchev–Trinajstić information content (AvgIpc) is 3.69. The van der Waals surface area contributed by atoms with Crippen molar-refractivity contribution in [2.75, 3.05) is 0 Å². The van der Waals surface area contributed by atoms with E-state index in [4.69, 9.17) is 12.6 Å². The molecule has 188 valence electrons. The van der Waals surface area contributed by atoms with Gasteiger partial charge in [0, 0.05) is 9.29 Å². The van der Waals surface area contributed by atoms with E-state index in [9.17, 15) is 0 Å². The fraction of sp³-hybridized carbons (Fsp3) is 0. The molecule has 0 aliphatic carbocycles. The Kier molecular flexibility index (Phi) is 7.83. The van der Waals surface area contributed by atoms with Gasteiger partial charge in [-0.15, -0.1) is 0 Å². The van der Waals surface area contributed by atoms with Crippen molar-refractivity contribution in [2.45, 2.75) is 0 Å². The molecule has 2 aliphatic rings. The van der Waals surface area contributed by atoms with Gasteiger partial charge in [0.1, 0.15) is 0 Å². The van der Waals surface area contributed by atoms with E-state index in [0.29, 0.717) is 0 Å². The van der Waals surface area contributed by atoms with Crippen LogP contribution < -0.4 is 21.2 Å². The van der Waals surface area contributed by atoms with Gasteiger partial charge in [0.15, 0.2) is 0 Å². The molecule has 2 aliphatic heterocycles. The van der Waals surface area contributed by atoms with E-state index in [1.807, 2.05) is 47.0 Å². The van der Waals surface area contributed by atoms with Crippen LogP contribution in [-0.2, 0) is 0 Å². The zero-order chi connectivity index (χ0) is 26.0. The smallest absolute Gasteiger partial charge is 0.0701 e. The van der Waals surface area contributed by atoms with E-state index in [2.05, 4.69) is 132 Å². The molecule has 6 heteroatoms. The van der Waals surface area contributed by atoms with Gasteiger partial charge in [0.2, 0.25) is 0 Å². The van der Waals surface area contributed by atoms with Gasteiger partial charge in [0.25, 0.3) is 0 Å². The third kappa shape index (κ3) is 4.81. The second kappa shape index (κ2) is 11.3. The first kappa shape index (κ1) is 26.3. The first-order valence-corrected chi connectivity index (χ1v) is 19.5. The molecule has 6 rings (SSSR count). The second-order valence-electron chi connectivity index (χ2n) is 8.89. The van der Waals surface area contributed by atoms with E-state index >= 15 is 0 Å². The molecule has 2 heterocycles. The molecule has 0 fully saturated rings. The Morgan fingerprint density at radius 1 is 0.395 bits per heavy atom. The van der Waals surface area contributed by atoms with Crippen LogP contribution in [0.5, 0.6) is 0 Å². The zero-order valence-electron chi connectivity index (χ0n) is 20.6. The van der Waals surface area contributed by atoms with Gasteiger partial charge in [0.05, 0.1) is 8.47 Å². The molecule has 0 N–H and O–H groups in total. The normalized spacial score (nSPS) is 17.8. The molecule has 0 spiro atoms. The highest BCUT2D eigenvalue weighted by atomic mass is 32.2. The lowest BCUT2D eigenvalue weighted by Crippen LogP contribution is -2.16. The Balaban J connectivity index is 1.33. The maximum Gasteiger partial charge on any atom is 0.0701 e. The van der Waals surface area contributed by atoms with Crippen molar-refractivity contribution in [1.82, 2.24) is 0 Å². The number of rotatable bonds is 6. The summed E-state index contributed by atoms with van der Waals surface area (Å²) in [5, 5.41) is 9.98. The minimum Gasteiger partial charge on any atom is -0.0882 e. The summed E-state index contributed by atoms with van der Waals surface area (Å²) in [4.78, 5) is 0. The summed E-state index contributed by atoms with van der Waals surface area (Å²) in [5.41, 5.74) is 0. The molecule has 4 aromatic carbocycles. The van der Waals surface area contributed by atoms with Gasteiger partial charge in [-0.05, 0) is 45.8 Å². The molecule has 0 saturated heterocycles. The Hall–Kier alpha value is -1.90. The number of benzene rings is 4. The van der Waals surface area contributed by atoms with Crippen molar-refractivity contribution < 1.29 is 0 Å². The summed E-state index contributed by atoms with van der Waals surface area (Å²) in [5.74, 6) is 0. The molecule has 0 radical (unpaired) electrons. The van der Waals surface area contributed by atoms with E-state index in [1.165, 1.54) is 39.0 Å². The lowest BCUT2D eigenvalue weighted by molar-refractivity contribution is 1.75. The van der Waals surface area contributed by atoms with Crippen molar-refractivity contribution in [1.29, 1.82) is 0 Å². The Bertz CT molecular complexity index is 1430. The molecule has 0 saturated carbocycles. The molecule has 0 bridgehead atoms. The maximum absolute atomic E-state index is 4.94. The van der Waals surface area contributed by atoms with Crippen molar-refractivity contribution in [3.63, 3.8) is 0 Å². The highest BCUT2D eigenvalue weighted by molar-refractivity contribution is 8.38. The van der Waals surface area contributed by atoms with E-state index in [-0.39, 0.29) is 0 Å². The van der Waals surface area contributed by atoms with Crippen molar-refractivity contribution in [3.8, 4) is 0 Å². The van der Waals surface area contributed by atoms with Crippen LogP contribution in [-0.4, -0.2) is 12.6 Å². The first-order chi connectivity index (χ1) is 18.6. The minimum atomic E-state index is -1.96. The SMILES string of the molecule is C=P(C1=CS/C(=C2/SC=C(P(=C)(c3ccccc3)c3ccccc3)S2)S1)(c1ccccc1)c1ccccc1. The van der Waals surface area contributed by atoms with Crippen molar-refractivity contribution in [3.05, 3.63) is 150 Å². The van der Waals surface area contributed by atoms with Crippen molar-refractivity contribution in [2.24, 2.45) is 0 Å². The molecule has 0 atom stereocenters. The third-order valence-electron chi connectivity index (χ3n) is 6.64. The van der Waals surface area contributed by atoms with Crippen LogP contribution >= 0.6 is 60.8 Å². The molecule has 4 aromatic rings. The second-order valence-corrected chi connectivity index (χ2v) is 20.1. The quantitative estimate of drug-likeness (QED) is 0.203. The largest absolute Gasteiger partial charge is 0.0882 e. The predicted molar refractivity (Wildman–Crippen MR) is 186 cm³/mol. The van der Waals surface area contributed by atoms with Gasteiger partial charge in [-0.1, -0.05) is 181 Å². The number of hydrogen-bond acceptors (Lipinski definition) is 4. The summed E-state index contributed by atoms with van der Waals surface area (Å²) in [6.07, 6.45) is 9.88. The van der Waals surface area contributed by atoms with Crippen LogP contribution in [0.15, 0.2) is 150 Å². The minimum absolute atomic E-state index is 1.32. The fourth-order valence-electron chi connectivity index (χ4n) is 4.55. The van der Waals surface area contributed by atoms with Crippen LogP contribution in [0.4, 0.5) is 0 Å². The summed E-state index contributed by atoms with van der Waals surface area (Å²) < 4.78 is 5.46. The molecular weight excluding hydrogens is 575 g/mol. The maximum atomic E-state index is 4.94. The van der Waals surface area contributed by atoms with E-state index in [0.717, 1.165) is 0 Å². The summed E-state index contributed by atoms with van der Waals surface area (Å²) in [7, 11) is 0. The summed E-state index contributed by atoms with van der Waals surface area (Å²) in [6, 6.07) is 43.3. The first-order valence-electron chi connectivity index (χ1n) is 12.1. The van der Waals surface area contributed by atoms with Gasteiger partial charge in [-0.3, -0.25) is 0 Å². The fourth-order valence-corrected chi connectivity index (χ4v) is 18.2.